The van der Waals surface area contributed by atoms with Crippen molar-refractivity contribution >= 4 is 11.8 Å². The van der Waals surface area contributed by atoms with E-state index >= 15 is 0 Å². The van der Waals surface area contributed by atoms with Crippen LogP contribution >= 0.6 is 0 Å². The first-order chi connectivity index (χ1) is 9.80. The van der Waals surface area contributed by atoms with Gasteiger partial charge in [-0.1, -0.05) is 0 Å². The number of hydrogen-bond donors (Lipinski definition) is 0. The molecule has 1 aliphatic rings. The molecule has 1 aromatic heterocycles. The molecule has 5 nitrogen and oxygen atoms in total. The molecule has 116 valence electrons. The second-order valence-electron chi connectivity index (χ2n) is 4.98. The summed E-state index contributed by atoms with van der Waals surface area (Å²) >= 11 is 0. The molecule has 1 saturated heterocycles. The molecule has 2 heterocycles. The lowest BCUT2D eigenvalue weighted by molar-refractivity contribution is -0.187. The molecule has 0 aromatic carbocycles. The van der Waals surface area contributed by atoms with E-state index in [1.54, 1.807) is 6.07 Å². The van der Waals surface area contributed by atoms with Gasteiger partial charge < -0.3 is 14.2 Å². The van der Waals surface area contributed by atoms with Crippen LogP contribution < -0.4 is 0 Å². The van der Waals surface area contributed by atoms with Crippen LogP contribution in [0.3, 0.4) is 0 Å². The number of nitrogens with zero attached hydrogens (tertiary/aromatic N) is 2. The molecule has 21 heavy (non-hydrogen) atoms. The van der Waals surface area contributed by atoms with Gasteiger partial charge in [0.15, 0.2) is 0 Å². The van der Waals surface area contributed by atoms with E-state index in [4.69, 9.17) is 4.42 Å². The fraction of sp³-hybridized carbons (Fsp3) is 0.538. The maximum atomic E-state index is 12.5. The molecule has 2 amide bonds. The molecule has 0 saturated carbocycles. The van der Waals surface area contributed by atoms with Gasteiger partial charge >= 0.3 is 12.1 Å². The third-order valence-electron chi connectivity index (χ3n) is 3.42. The minimum atomic E-state index is -4.95. The maximum absolute atomic E-state index is 12.5. The average Bonchev–Trinajstić information content (AvgIpc) is 3.06. The Morgan fingerprint density at radius 1 is 1.48 bits per heavy atom. The highest BCUT2D eigenvalue weighted by Gasteiger charge is 2.48. The van der Waals surface area contributed by atoms with Crippen molar-refractivity contribution in [3.8, 4) is 0 Å². The molecule has 8 heteroatoms. The van der Waals surface area contributed by atoms with Crippen molar-refractivity contribution in [1.82, 2.24) is 9.80 Å². The van der Waals surface area contributed by atoms with Gasteiger partial charge in [0.05, 0.1) is 12.5 Å². The van der Waals surface area contributed by atoms with Crippen LogP contribution in [0.4, 0.5) is 13.2 Å². The van der Waals surface area contributed by atoms with Gasteiger partial charge in [0.25, 0.3) is 0 Å². The normalized spacial score (nSPS) is 18.9. The Labute approximate surface area is 119 Å². The molecule has 0 radical (unpaired) electrons. The van der Waals surface area contributed by atoms with E-state index in [9.17, 15) is 22.8 Å². The van der Waals surface area contributed by atoms with Crippen LogP contribution in [-0.4, -0.2) is 47.4 Å². The van der Waals surface area contributed by atoms with Gasteiger partial charge in [-0.15, -0.1) is 0 Å². The molecular weight excluding hydrogens is 289 g/mol. The smallest absolute Gasteiger partial charge is 0.471 e. The van der Waals surface area contributed by atoms with Crippen molar-refractivity contribution in [3.63, 3.8) is 0 Å². The molecule has 0 spiro atoms. The second-order valence-corrected chi connectivity index (χ2v) is 4.98. The van der Waals surface area contributed by atoms with Crippen molar-refractivity contribution in [2.24, 2.45) is 0 Å². The largest absolute Gasteiger partial charge is 0.472 e. The van der Waals surface area contributed by atoms with Gasteiger partial charge in [-0.05, 0) is 18.9 Å². The van der Waals surface area contributed by atoms with Gasteiger partial charge in [-0.3, -0.25) is 9.59 Å². The van der Waals surface area contributed by atoms with Crippen LogP contribution in [0.1, 0.15) is 18.4 Å². The van der Waals surface area contributed by atoms with Crippen LogP contribution in [0, 0.1) is 0 Å². The molecule has 2 rings (SSSR count). The highest BCUT2D eigenvalue weighted by atomic mass is 19.4. The van der Waals surface area contributed by atoms with E-state index in [0.29, 0.717) is 11.3 Å². The summed E-state index contributed by atoms with van der Waals surface area (Å²) in [6.45, 7) is 0.175. The number of carbonyl (C=O) groups excluding carboxylic acids is 2. The zero-order valence-corrected chi connectivity index (χ0v) is 11.4. The number of rotatable bonds is 3. The first kappa shape index (κ1) is 15.4. The minimum absolute atomic E-state index is 0.0473. The first-order valence-corrected chi connectivity index (χ1v) is 6.44. The molecule has 0 N–H and O–H groups in total. The number of likely N-dealkylation sites (N-methyl/N-ethyl adjacent to an activating group) is 1. The van der Waals surface area contributed by atoms with Crippen LogP contribution in [0.15, 0.2) is 23.0 Å². The highest BCUT2D eigenvalue weighted by Crippen LogP contribution is 2.26. The standard InChI is InChI=1S/C13H15F3N2O3/c1-17(7-9-4-6-21-8-9)11(19)10-3-2-5-18(10)12(20)13(14,15)16/h4,6,8,10H,2-3,5,7H2,1H3. The Kier molecular flexibility index (Phi) is 4.24. The van der Waals surface area contributed by atoms with Crippen molar-refractivity contribution in [2.75, 3.05) is 13.6 Å². The minimum Gasteiger partial charge on any atom is -0.472 e. The summed E-state index contributed by atoms with van der Waals surface area (Å²) in [5.41, 5.74) is 0.734. The maximum Gasteiger partial charge on any atom is 0.471 e. The summed E-state index contributed by atoms with van der Waals surface area (Å²) in [7, 11) is 1.49. The quantitative estimate of drug-likeness (QED) is 0.855. The zero-order chi connectivity index (χ0) is 15.6. The van der Waals surface area contributed by atoms with Crippen molar-refractivity contribution in [1.29, 1.82) is 0 Å². The van der Waals surface area contributed by atoms with Gasteiger partial charge in [-0.25, -0.2) is 0 Å². The summed E-state index contributed by atoms with van der Waals surface area (Å²) in [5, 5.41) is 0. The molecule has 1 fully saturated rings. The Bertz CT molecular complexity index is 513. The van der Waals surface area contributed by atoms with E-state index in [2.05, 4.69) is 0 Å². The highest BCUT2D eigenvalue weighted by molar-refractivity contribution is 5.90. The lowest BCUT2D eigenvalue weighted by Gasteiger charge is -2.28. The summed E-state index contributed by atoms with van der Waals surface area (Å²) in [5.74, 6) is -2.44. The second kappa shape index (κ2) is 5.79. The molecule has 1 unspecified atom stereocenters. The fourth-order valence-electron chi connectivity index (χ4n) is 2.42. The summed E-state index contributed by atoms with van der Waals surface area (Å²) in [6, 6.07) is 0.618. The van der Waals surface area contributed by atoms with Gasteiger partial charge in [-0.2, -0.15) is 13.2 Å². The summed E-state index contributed by atoms with van der Waals surface area (Å²) in [4.78, 5) is 25.5. The molecule has 0 bridgehead atoms. The van der Waals surface area contributed by atoms with Gasteiger partial charge in [0.2, 0.25) is 5.91 Å². The number of hydrogen-bond acceptors (Lipinski definition) is 3. The van der Waals surface area contributed by atoms with Crippen molar-refractivity contribution in [3.05, 3.63) is 24.2 Å². The zero-order valence-electron chi connectivity index (χ0n) is 11.4. The molecular formula is C13H15F3N2O3. The predicted molar refractivity (Wildman–Crippen MR) is 66.0 cm³/mol. The van der Waals surface area contributed by atoms with Gasteiger partial charge in [0.1, 0.15) is 6.04 Å². The Morgan fingerprint density at radius 2 is 2.19 bits per heavy atom. The summed E-state index contributed by atoms with van der Waals surface area (Å²) in [6.07, 6.45) is -1.42. The molecule has 1 aliphatic heterocycles. The van der Waals surface area contributed by atoms with Crippen LogP contribution in [-0.2, 0) is 16.1 Å². The average molecular weight is 304 g/mol. The number of carbonyl (C=O) groups is 2. The van der Waals surface area contributed by atoms with Gasteiger partial charge in [0, 0.05) is 25.7 Å². The fourth-order valence-corrected chi connectivity index (χ4v) is 2.42. The van der Waals surface area contributed by atoms with Crippen molar-refractivity contribution < 1.29 is 27.2 Å². The van der Waals surface area contributed by atoms with E-state index in [1.807, 2.05) is 0 Å². The number of furan rings is 1. The lowest BCUT2D eigenvalue weighted by atomic mass is 10.2. The van der Waals surface area contributed by atoms with E-state index < -0.39 is 24.0 Å². The number of alkyl halides is 3. The van der Waals surface area contributed by atoms with Crippen LogP contribution in [0.2, 0.25) is 0 Å². The van der Waals surface area contributed by atoms with E-state index in [-0.39, 0.29) is 19.5 Å². The number of amides is 2. The third kappa shape index (κ3) is 3.37. The van der Waals surface area contributed by atoms with E-state index in [0.717, 1.165) is 5.56 Å². The van der Waals surface area contributed by atoms with E-state index in [1.165, 1.54) is 24.5 Å². The van der Waals surface area contributed by atoms with Crippen molar-refractivity contribution in [2.45, 2.75) is 31.6 Å². The molecule has 1 aromatic rings. The Morgan fingerprint density at radius 3 is 2.76 bits per heavy atom. The monoisotopic (exact) mass is 304 g/mol. The number of halogens is 3. The lowest BCUT2D eigenvalue weighted by Crippen LogP contribution is -2.50. The Balaban J connectivity index is 2.05. The SMILES string of the molecule is CN(Cc1ccoc1)C(=O)C1CCCN1C(=O)C(F)(F)F. The molecule has 1 atom stereocenters. The molecule has 0 aliphatic carbocycles. The van der Waals surface area contributed by atoms with Crippen LogP contribution in [0.5, 0.6) is 0 Å². The topological polar surface area (TPSA) is 53.8 Å². The summed E-state index contributed by atoms with van der Waals surface area (Å²) < 4.78 is 42.4. The first-order valence-electron chi connectivity index (χ1n) is 6.44. The predicted octanol–water partition coefficient (Wildman–Crippen LogP) is 1.79. The third-order valence-corrected chi connectivity index (χ3v) is 3.42. The number of likely N-dealkylation sites (tertiary alicyclic amines) is 1. The Hall–Kier alpha value is -1.99. The van der Waals surface area contributed by atoms with Crippen LogP contribution in [0.25, 0.3) is 0 Å².